The van der Waals surface area contributed by atoms with Crippen molar-refractivity contribution in [2.45, 2.75) is 39.2 Å². The molecule has 0 aliphatic heterocycles. The number of aromatic nitrogens is 3. The van der Waals surface area contributed by atoms with E-state index in [9.17, 15) is 18.0 Å². The molecule has 1 atom stereocenters. The van der Waals surface area contributed by atoms with Gasteiger partial charge in [-0.15, -0.1) is 10.2 Å². The lowest BCUT2D eigenvalue weighted by atomic mass is 10.1. The molecule has 0 unspecified atom stereocenters. The molecule has 130 valence electrons. The minimum absolute atomic E-state index is 0.208. The zero-order chi connectivity index (χ0) is 17.7. The molecule has 24 heavy (non-hydrogen) atoms. The lowest BCUT2D eigenvalue weighted by Crippen LogP contribution is -2.37. The molecule has 0 saturated heterocycles. The first-order valence-corrected chi connectivity index (χ1v) is 7.39. The maximum Gasteiger partial charge on any atom is 0.416 e. The molecule has 6 nitrogen and oxygen atoms in total. The number of carbonyl (C=O) groups excluding carboxylic acids is 1. The number of benzene rings is 1. The molecule has 0 radical (unpaired) electrons. The van der Waals surface area contributed by atoms with Crippen LogP contribution in [0.3, 0.4) is 0 Å². The van der Waals surface area contributed by atoms with E-state index in [-0.39, 0.29) is 6.54 Å². The number of aryl methyl sites for hydroxylation is 1. The van der Waals surface area contributed by atoms with Crippen LogP contribution >= 0.6 is 0 Å². The normalized spacial score (nSPS) is 12.7. The van der Waals surface area contributed by atoms with Crippen LogP contribution in [0.25, 0.3) is 0 Å². The highest BCUT2D eigenvalue weighted by molar-refractivity contribution is 5.74. The lowest BCUT2D eigenvalue weighted by molar-refractivity contribution is -0.137. The van der Waals surface area contributed by atoms with Crippen LogP contribution in [0.2, 0.25) is 0 Å². The van der Waals surface area contributed by atoms with E-state index in [1.165, 1.54) is 12.1 Å². The van der Waals surface area contributed by atoms with Gasteiger partial charge in [0.05, 0.1) is 18.2 Å². The van der Waals surface area contributed by atoms with Crippen molar-refractivity contribution < 1.29 is 18.0 Å². The predicted molar refractivity (Wildman–Crippen MR) is 80.9 cm³/mol. The van der Waals surface area contributed by atoms with E-state index in [1.54, 1.807) is 17.8 Å². The van der Waals surface area contributed by atoms with Gasteiger partial charge in [-0.3, -0.25) is 0 Å². The molecule has 0 aliphatic carbocycles. The van der Waals surface area contributed by atoms with Crippen LogP contribution < -0.4 is 10.6 Å². The average molecular weight is 341 g/mol. The SMILES string of the molecule is CCn1cnnc1CNC(=O)N[C@@H](C)c1ccc(C(F)(F)F)cc1. The van der Waals surface area contributed by atoms with Gasteiger partial charge in [0.15, 0.2) is 5.82 Å². The van der Waals surface area contributed by atoms with Crippen molar-refractivity contribution in [1.82, 2.24) is 25.4 Å². The Bertz CT molecular complexity index is 681. The number of amides is 2. The summed E-state index contributed by atoms with van der Waals surface area (Å²) in [5, 5.41) is 13.0. The molecule has 0 spiro atoms. The molecule has 2 amide bonds. The third kappa shape index (κ3) is 4.46. The molecular formula is C15H18F3N5O. The third-order valence-electron chi connectivity index (χ3n) is 3.53. The highest BCUT2D eigenvalue weighted by Gasteiger charge is 2.30. The highest BCUT2D eigenvalue weighted by atomic mass is 19.4. The molecule has 2 aromatic rings. The zero-order valence-electron chi connectivity index (χ0n) is 13.3. The molecule has 1 heterocycles. The lowest BCUT2D eigenvalue weighted by Gasteiger charge is -2.16. The maximum atomic E-state index is 12.5. The van der Waals surface area contributed by atoms with Gasteiger partial charge in [-0.2, -0.15) is 13.2 Å². The van der Waals surface area contributed by atoms with Crippen LogP contribution in [0.5, 0.6) is 0 Å². The Labute approximate surface area is 137 Å². The summed E-state index contributed by atoms with van der Waals surface area (Å²) in [4.78, 5) is 11.9. The fraction of sp³-hybridized carbons (Fsp3) is 0.400. The summed E-state index contributed by atoms with van der Waals surface area (Å²) in [5.74, 6) is 0.620. The highest BCUT2D eigenvalue weighted by Crippen LogP contribution is 2.29. The van der Waals surface area contributed by atoms with E-state index in [4.69, 9.17) is 0 Å². The number of nitrogens with zero attached hydrogens (tertiary/aromatic N) is 3. The van der Waals surface area contributed by atoms with Gasteiger partial charge in [0.1, 0.15) is 6.33 Å². The maximum absolute atomic E-state index is 12.5. The Morgan fingerprint density at radius 3 is 2.54 bits per heavy atom. The van der Waals surface area contributed by atoms with Gasteiger partial charge in [-0.05, 0) is 31.5 Å². The van der Waals surface area contributed by atoms with Gasteiger partial charge in [0.25, 0.3) is 0 Å². The molecule has 9 heteroatoms. The minimum Gasteiger partial charge on any atom is -0.332 e. The third-order valence-corrected chi connectivity index (χ3v) is 3.53. The van der Waals surface area contributed by atoms with Crippen LogP contribution in [-0.2, 0) is 19.3 Å². The minimum atomic E-state index is -4.37. The first-order valence-electron chi connectivity index (χ1n) is 7.39. The van der Waals surface area contributed by atoms with Crippen molar-refractivity contribution >= 4 is 6.03 Å². The van der Waals surface area contributed by atoms with Crippen LogP contribution in [0.1, 0.15) is 36.8 Å². The summed E-state index contributed by atoms with van der Waals surface area (Å²) in [6, 6.07) is 3.82. The number of carbonyl (C=O) groups is 1. The largest absolute Gasteiger partial charge is 0.416 e. The Balaban J connectivity index is 1.89. The van der Waals surface area contributed by atoms with Gasteiger partial charge in [-0.1, -0.05) is 12.1 Å². The fourth-order valence-corrected chi connectivity index (χ4v) is 2.13. The van der Waals surface area contributed by atoms with Gasteiger partial charge in [-0.25, -0.2) is 4.79 Å². The quantitative estimate of drug-likeness (QED) is 0.878. The first-order chi connectivity index (χ1) is 11.3. The Morgan fingerprint density at radius 2 is 1.96 bits per heavy atom. The Morgan fingerprint density at radius 1 is 1.29 bits per heavy atom. The summed E-state index contributed by atoms with van der Waals surface area (Å²) < 4.78 is 39.4. The molecule has 1 aromatic heterocycles. The second kappa shape index (κ2) is 7.33. The van der Waals surface area contributed by atoms with Gasteiger partial charge in [0, 0.05) is 6.54 Å². The number of hydrogen-bond acceptors (Lipinski definition) is 3. The Kier molecular flexibility index (Phi) is 5.42. The van der Waals surface area contributed by atoms with Crippen LogP contribution in [0, 0.1) is 0 Å². The van der Waals surface area contributed by atoms with Crippen molar-refractivity contribution in [3.63, 3.8) is 0 Å². The van der Waals surface area contributed by atoms with E-state index >= 15 is 0 Å². The van der Waals surface area contributed by atoms with Crippen LogP contribution in [-0.4, -0.2) is 20.8 Å². The summed E-state index contributed by atoms with van der Waals surface area (Å²) >= 11 is 0. The van der Waals surface area contributed by atoms with Gasteiger partial charge in [0.2, 0.25) is 0 Å². The second-order valence-electron chi connectivity index (χ2n) is 5.20. The van der Waals surface area contributed by atoms with E-state index in [0.717, 1.165) is 12.1 Å². The van der Waals surface area contributed by atoms with Crippen molar-refractivity contribution in [2.24, 2.45) is 0 Å². The Hall–Kier alpha value is -2.58. The first kappa shape index (κ1) is 17.8. The van der Waals surface area contributed by atoms with Gasteiger partial charge >= 0.3 is 12.2 Å². The van der Waals surface area contributed by atoms with Gasteiger partial charge < -0.3 is 15.2 Å². The summed E-state index contributed by atoms with van der Waals surface area (Å²) in [6.45, 7) is 4.52. The summed E-state index contributed by atoms with van der Waals surface area (Å²) in [7, 11) is 0. The number of urea groups is 1. The van der Waals surface area contributed by atoms with E-state index in [0.29, 0.717) is 17.9 Å². The number of halogens is 3. The van der Waals surface area contributed by atoms with Crippen molar-refractivity contribution in [3.05, 3.63) is 47.5 Å². The van der Waals surface area contributed by atoms with E-state index < -0.39 is 23.8 Å². The summed E-state index contributed by atoms with van der Waals surface area (Å²) in [5.41, 5.74) is -0.142. The number of alkyl halides is 3. The smallest absolute Gasteiger partial charge is 0.332 e. The molecule has 0 fully saturated rings. The van der Waals surface area contributed by atoms with Crippen LogP contribution in [0.4, 0.5) is 18.0 Å². The zero-order valence-corrected chi connectivity index (χ0v) is 13.3. The van der Waals surface area contributed by atoms with E-state index in [1.807, 2.05) is 6.92 Å². The molecule has 0 bridgehead atoms. The fourth-order valence-electron chi connectivity index (χ4n) is 2.13. The molecule has 2 rings (SSSR count). The molecule has 1 aromatic carbocycles. The average Bonchev–Trinajstić information content (AvgIpc) is 2.99. The molecule has 0 aliphatic rings. The number of nitrogens with one attached hydrogen (secondary N) is 2. The molecule has 2 N–H and O–H groups in total. The summed E-state index contributed by atoms with van der Waals surface area (Å²) in [6.07, 6.45) is -2.80. The monoisotopic (exact) mass is 341 g/mol. The van der Waals surface area contributed by atoms with Crippen molar-refractivity contribution in [1.29, 1.82) is 0 Å². The van der Waals surface area contributed by atoms with Crippen molar-refractivity contribution in [2.75, 3.05) is 0 Å². The molecule has 0 saturated carbocycles. The van der Waals surface area contributed by atoms with E-state index in [2.05, 4.69) is 20.8 Å². The topological polar surface area (TPSA) is 71.8 Å². The molecular weight excluding hydrogens is 323 g/mol. The number of rotatable bonds is 5. The predicted octanol–water partition coefficient (Wildman–Crippen LogP) is 2.88. The van der Waals surface area contributed by atoms with Crippen molar-refractivity contribution in [3.8, 4) is 0 Å². The standard InChI is InChI=1S/C15H18F3N5O/c1-3-23-9-20-22-13(23)8-19-14(24)21-10(2)11-4-6-12(7-5-11)15(16,17)18/h4-7,9-10H,3,8H2,1-2H3,(H2,19,21,24)/t10-/m0/s1. The second-order valence-corrected chi connectivity index (χ2v) is 5.20. The van der Waals surface area contributed by atoms with Crippen LogP contribution in [0.15, 0.2) is 30.6 Å². The number of hydrogen-bond donors (Lipinski definition) is 2.